The van der Waals surface area contributed by atoms with Crippen LogP contribution in [0.3, 0.4) is 0 Å². The van der Waals surface area contributed by atoms with Crippen molar-refractivity contribution in [1.82, 2.24) is 9.13 Å². The van der Waals surface area contributed by atoms with Crippen molar-refractivity contribution in [2.24, 2.45) is 0 Å². The highest BCUT2D eigenvalue weighted by Crippen LogP contribution is 2.27. The SMILES string of the molecule is O=C(O)c1ccc(C(=O)c2c3c(=O)n(-c4cc(C(=O)O)cc(C(=O)O)c4)c(=O)c3cc3c(=O)n(-c4cc(C(=O)O)cc(C(=O)O)c4)c(=O)c23)cc1. The summed E-state index contributed by atoms with van der Waals surface area (Å²) in [6.45, 7) is 0. The van der Waals surface area contributed by atoms with E-state index in [1.54, 1.807) is 0 Å². The molecule has 0 amide bonds. The summed E-state index contributed by atoms with van der Waals surface area (Å²) in [7, 11) is 0. The number of carbonyl (C=O) groups excluding carboxylic acids is 1. The van der Waals surface area contributed by atoms with E-state index in [9.17, 15) is 73.5 Å². The van der Waals surface area contributed by atoms with E-state index in [2.05, 4.69) is 0 Å². The fraction of sp³-hybridized carbons (Fsp3) is 0. The standard InChI is InChI=1S/C34H16N2O15/c37-25(12-1-3-13(4-2-12)30(42)43)24-22-20(26(38)35(28(22)40)18-7-14(31(44)45)5-15(8-18)32(46)47)11-21-23(24)29(41)36(27(21)39)19-9-16(33(48)49)6-17(10-19)34(50)51/h1-11H,(H,42,43)(H,44,45)(H,46,47)(H,48,49)(H,50,51). The van der Waals surface area contributed by atoms with E-state index in [0.717, 1.165) is 66.7 Å². The maximum Gasteiger partial charge on any atom is 0.335 e. The van der Waals surface area contributed by atoms with Crippen molar-refractivity contribution in [3.8, 4) is 11.4 Å². The van der Waals surface area contributed by atoms with Crippen LogP contribution in [-0.2, 0) is 0 Å². The highest BCUT2D eigenvalue weighted by molar-refractivity contribution is 6.24. The number of aromatic carboxylic acids is 5. The maximum atomic E-state index is 14.2. The molecule has 2 aromatic heterocycles. The summed E-state index contributed by atoms with van der Waals surface area (Å²) in [5, 5.41) is 44.7. The number of benzene rings is 4. The monoisotopic (exact) mass is 692 g/mol. The van der Waals surface area contributed by atoms with Gasteiger partial charge in [0.25, 0.3) is 22.2 Å². The van der Waals surface area contributed by atoms with Gasteiger partial charge >= 0.3 is 29.8 Å². The summed E-state index contributed by atoms with van der Waals surface area (Å²) in [5.41, 5.74) is -10.2. The topological polar surface area (TPSA) is 282 Å². The lowest BCUT2D eigenvalue weighted by molar-refractivity contribution is 0.0676. The van der Waals surface area contributed by atoms with E-state index in [1.165, 1.54) is 0 Å². The van der Waals surface area contributed by atoms with Gasteiger partial charge in [0.1, 0.15) is 0 Å². The number of nitrogens with zero attached hydrogens (tertiary/aromatic N) is 2. The predicted molar refractivity (Wildman–Crippen MR) is 172 cm³/mol. The number of carboxylic acids is 5. The second-order valence-corrected chi connectivity index (χ2v) is 11.0. The molecule has 0 fully saturated rings. The van der Waals surface area contributed by atoms with Crippen molar-refractivity contribution < 1.29 is 54.3 Å². The molecule has 17 heteroatoms. The van der Waals surface area contributed by atoms with Gasteiger partial charge in [-0.2, -0.15) is 0 Å². The van der Waals surface area contributed by atoms with Crippen LogP contribution in [-0.4, -0.2) is 70.3 Å². The molecule has 17 nitrogen and oxygen atoms in total. The van der Waals surface area contributed by atoms with Gasteiger partial charge in [0.2, 0.25) is 0 Å². The molecule has 0 spiro atoms. The van der Waals surface area contributed by atoms with Crippen LogP contribution in [0, 0.1) is 0 Å². The second-order valence-electron chi connectivity index (χ2n) is 11.0. The number of fused-ring (bicyclic) bond motifs is 2. The van der Waals surface area contributed by atoms with Crippen LogP contribution in [0.1, 0.15) is 67.7 Å². The third-order valence-corrected chi connectivity index (χ3v) is 7.99. The third kappa shape index (κ3) is 5.22. The Morgan fingerprint density at radius 2 is 0.706 bits per heavy atom. The molecular formula is C34H16N2O15. The Morgan fingerprint density at radius 1 is 0.392 bits per heavy atom. The molecule has 2 heterocycles. The van der Waals surface area contributed by atoms with E-state index in [4.69, 9.17) is 0 Å². The molecule has 0 aliphatic carbocycles. The molecule has 0 unspecified atom stereocenters. The summed E-state index contributed by atoms with van der Waals surface area (Å²) in [5.74, 6) is -9.01. The number of carbonyl (C=O) groups is 6. The van der Waals surface area contributed by atoms with Gasteiger partial charge in [0.15, 0.2) is 5.78 Å². The average molecular weight is 693 g/mol. The summed E-state index contributed by atoms with van der Waals surface area (Å²) in [4.78, 5) is 129. The van der Waals surface area contributed by atoms with Crippen molar-refractivity contribution in [3.05, 3.63) is 147 Å². The van der Waals surface area contributed by atoms with E-state index < -0.39 is 119 Å². The summed E-state index contributed by atoms with van der Waals surface area (Å²) in [6, 6.07) is 9.66. The first-order chi connectivity index (χ1) is 24.0. The molecule has 5 N–H and O–H groups in total. The lowest BCUT2D eigenvalue weighted by Crippen LogP contribution is -2.25. The Hall–Kier alpha value is -7.82. The van der Waals surface area contributed by atoms with Gasteiger partial charge in [-0.25, -0.2) is 33.1 Å². The minimum absolute atomic E-state index is 0.259. The van der Waals surface area contributed by atoms with Crippen molar-refractivity contribution in [1.29, 1.82) is 0 Å². The van der Waals surface area contributed by atoms with Crippen LogP contribution >= 0.6 is 0 Å². The van der Waals surface area contributed by atoms with E-state index in [1.807, 2.05) is 0 Å². The fourth-order valence-electron chi connectivity index (χ4n) is 5.69. The van der Waals surface area contributed by atoms with Gasteiger partial charge in [-0.3, -0.25) is 24.0 Å². The third-order valence-electron chi connectivity index (χ3n) is 7.99. The lowest BCUT2D eigenvalue weighted by atomic mass is 9.94. The summed E-state index contributed by atoms with van der Waals surface area (Å²) < 4.78 is 0.705. The normalized spacial score (nSPS) is 11.1. The van der Waals surface area contributed by atoms with Crippen LogP contribution in [0.4, 0.5) is 0 Å². The number of carboxylic acid groups (broad SMARTS) is 5. The molecule has 0 saturated heterocycles. The lowest BCUT2D eigenvalue weighted by Gasteiger charge is -2.06. The Kier molecular flexibility index (Phi) is 7.59. The first kappa shape index (κ1) is 33.1. The molecule has 0 aliphatic rings. The van der Waals surface area contributed by atoms with Crippen LogP contribution in [0.5, 0.6) is 0 Å². The maximum absolute atomic E-state index is 14.2. The Morgan fingerprint density at radius 3 is 1.02 bits per heavy atom. The minimum atomic E-state index is -1.62. The van der Waals surface area contributed by atoms with Gasteiger partial charge in [-0.15, -0.1) is 0 Å². The molecule has 252 valence electrons. The molecule has 4 aromatic carbocycles. The zero-order valence-electron chi connectivity index (χ0n) is 25.1. The fourth-order valence-corrected chi connectivity index (χ4v) is 5.69. The van der Waals surface area contributed by atoms with Crippen LogP contribution in [0.15, 0.2) is 85.9 Å². The highest BCUT2D eigenvalue weighted by Gasteiger charge is 2.30. The quantitative estimate of drug-likeness (QED) is 0.135. The van der Waals surface area contributed by atoms with E-state index in [0.29, 0.717) is 9.13 Å². The van der Waals surface area contributed by atoms with Crippen LogP contribution < -0.4 is 22.2 Å². The molecule has 51 heavy (non-hydrogen) atoms. The Balaban J connectivity index is 1.78. The minimum Gasteiger partial charge on any atom is -0.478 e. The molecule has 0 atom stereocenters. The summed E-state index contributed by atoms with van der Waals surface area (Å²) >= 11 is 0. The summed E-state index contributed by atoms with van der Waals surface area (Å²) in [6.07, 6.45) is 0. The molecule has 6 rings (SSSR count). The molecule has 0 bridgehead atoms. The van der Waals surface area contributed by atoms with Crippen molar-refractivity contribution >= 4 is 57.2 Å². The van der Waals surface area contributed by atoms with Crippen LogP contribution in [0.25, 0.3) is 32.9 Å². The molecule has 0 aliphatic heterocycles. The Bertz CT molecular complexity index is 2610. The largest absolute Gasteiger partial charge is 0.478 e. The first-order valence-corrected chi connectivity index (χ1v) is 14.1. The Labute approximate surface area is 279 Å². The molecule has 0 radical (unpaired) electrons. The van der Waals surface area contributed by atoms with Crippen molar-refractivity contribution in [2.45, 2.75) is 0 Å². The van der Waals surface area contributed by atoms with E-state index >= 15 is 0 Å². The van der Waals surface area contributed by atoms with Gasteiger partial charge in [0.05, 0.1) is 60.7 Å². The molecule has 6 aromatic rings. The first-order valence-electron chi connectivity index (χ1n) is 14.1. The van der Waals surface area contributed by atoms with E-state index in [-0.39, 0.29) is 11.1 Å². The number of ketones is 1. The van der Waals surface area contributed by atoms with Crippen molar-refractivity contribution in [2.75, 3.05) is 0 Å². The zero-order chi connectivity index (χ0) is 37.2. The number of aromatic nitrogens is 2. The molecule has 0 saturated carbocycles. The van der Waals surface area contributed by atoms with Crippen LogP contribution in [0.2, 0.25) is 0 Å². The van der Waals surface area contributed by atoms with Gasteiger partial charge < -0.3 is 25.5 Å². The highest BCUT2D eigenvalue weighted by atomic mass is 16.4. The van der Waals surface area contributed by atoms with Gasteiger partial charge in [0, 0.05) is 11.1 Å². The zero-order valence-corrected chi connectivity index (χ0v) is 25.1. The smallest absolute Gasteiger partial charge is 0.335 e. The molecular weight excluding hydrogens is 676 g/mol. The van der Waals surface area contributed by atoms with Gasteiger partial charge in [-0.05, 0) is 54.6 Å². The number of hydrogen-bond acceptors (Lipinski definition) is 10. The number of rotatable bonds is 9. The number of hydrogen-bond donors (Lipinski definition) is 5. The van der Waals surface area contributed by atoms with Gasteiger partial charge in [-0.1, -0.05) is 12.1 Å². The average Bonchev–Trinajstić information content (AvgIpc) is 3.49. The van der Waals surface area contributed by atoms with Crippen molar-refractivity contribution in [3.63, 3.8) is 0 Å². The second kappa shape index (κ2) is 11.7. The predicted octanol–water partition coefficient (Wildman–Crippen LogP) is 1.61.